The van der Waals surface area contributed by atoms with Crippen molar-refractivity contribution in [2.24, 2.45) is 0 Å². The van der Waals surface area contributed by atoms with Gasteiger partial charge < -0.3 is 5.32 Å². The Kier molecular flexibility index (Phi) is 3.24. The van der Waals surface area contributed by atoms with Crippen LogP contribution in [0.3, 0.4) is 0 Å². The minimum absolute atomic E-state index is 0.0610. The fourth-order valence-corrected chi connectivity index (χ4v) is 2.91. The first kappa shape index (κ1) is 13.5. The highest BCUT2D eigenvalue weighted by Gasteiger charge is 2.30. The lowest BCUT2D eigenvalue weighted by atomic mass is 10.1. The third-order valence-corrected chi connectivity index (χ3v) is 4.04. The molecule has 1 aliphatic carbocycles. The maximum atomic E-state index is 11.8. The number of aryl methyl sites for hydroxylation is 1. The van der Waals surface area contributed by atoms with Crippen LogP contribution in [-0.4, -0.2) is 31.3 Å². The second kappa shape index (κ2) is 4.80. The lowest BCUT2D eigenvalue weighted by Gasteiger charge is -2.20. The molecule has 7 heteroatoms. The quantitative estimate of drug-likeness (QED) is 0.934. The number of hydrogen-bond acceptors (Lipinski definition) is 5. The van der Waals surface area contributed by atoms with Crippen LogP contribution in [0.2, 0.25) is 0 Å². The molecule has 2 aromatic heterocycles. The second-order valence-electron chi connectivity index (χ2n) is 6.32. The summed E-state index contributed by atoms with van der Waals surface area (Å²) in [5, 5.41) is 16.8. The molecule has 1 amide bonds. The highest BCUT2D eigenvalue weighted by atomic mass is 32.1. The van der Waals surface area contributed by atoms with E-state index >= 15 is 0 Å². The number of amides is 1. The van der Waals surface area contributed by atoms with Crippen molar-refractivity contribution < 1.29 is 4.79 Å². The van der Waals surface area contributed by atoms with Crippen molar-refractivity contribution in [1.29, 1.82) is 0 Å². The van der Waals surface area contributed by atoms with E-state index in [1.165, 1.54) is 24.2 Å². The van der Waals surface area contributed by atoms with Gasteiger partial charge in [-0.15, -0.1) is 10.2 Å². The Morgan fingerprint density at radius 3 is 2.80 bits per heavy atom. The van der Waals surface area contributed by atoms with Crippen LogP contribution < -0.4 is 5.32 Å². The summed E-state index contributed by atoms with van der Waals surface area (Å²) in [4.78, 5) is 12.6. The summed E-state index contributed by atoms with van der Waals surface area (Å²) in [5.74, 6) is 1.57. The zero-order valence-electron chi connectivity index (χ0n) is 12.0. The van der Waals surface area contributed by atoms with Crippen LogP contribution in [0.5, 0.6) is 0 Å². The molecule has 0 aromatic carbocycles. The normalized spacial score (nSPS) is 15.8. The van der Waals surface area contributed by atoms with E-state index < -0.39 is 0 Å². The van der Waals surface area contributed by atoms with Gasteiger partial charge in [0, 0.05) is 24.3 Å². The molecule has 1 N–H and O–H groups in total. The molecule has 20 heavy (non-hydrogen) atoms. The van der Waals surface area contributed by atoms with Crippen molar-refractivity contribution in [3.63, 3.8) is 0 Å². The molecule has 1 aliphatic rings. The molecule has 1 saturated carbocycles. The molecular formula is C13H19N5OS. The monoisotopic (exact) mass is 293 g/mol. The molecule has 0 saturated heterocycles. The Labute approximate surface area is 121 Å². The topological polar surface area (TPSA) is 72.2 Å². The van der Waals surface area contributed by atoms with Gasteiger partial charge in [-0.2, -0.15) is 9.61 Å². The van der Waals surface area contributed by atoms with Crippen LogP contribution in [0, 0.1) is 0 Å². The van der Waals surface area contributed by atoms with Crippen molar-refractivity contribution in [2.45, 2.75) is 57.9 Å². The lowest BCUT2D eigenvalue weighted by molar-refractivity contribution is -0.122. The van der Waals surface area contributed by atoms with Crippen LogP contribution in [0.25, 0.3) is 4.96 Å². The summed E-state index contributed by atoms with van der Waals surface area (Å²) < 4.78 is 1.85. The van der Waals surface area contributed by atoms with Gasteiger partial charge in [-0.1, -0.05) is 11.3 Å². The van der Waals surface area contributed by atoms with Gasteiger partial charge in [0.1, 0.15) is 5.01 Å². The minimum Gasteiger partial charge on any atom is -0.351 e. The van der Waals surface area contributed by atoms with E-state index in [1.54, 1.807) is 0 Å². The largest absolute Gasteiger partial charge is 0.351 e. The average Bonchev–Trinajstić information content (AvgIpc) is 2.96. The Morgan fingerprint density at radius 1 is 1.40 bits per heavy atom. The van der Waals surface area contributed by atoms with Crippen molar-refractivity contribution in [1.82, 2.24) is 25.1 Å². The van der Waals surface area contributed by atoms with Gasteiger partial charge >= 0.3 is 0 Å². The van der Waals surface area contributed by atoms with Gasteiger partial charge in [0.15, 0.2) is 5.82 Å². The van der Waals surface area contributed by atoms with Gasteiger partial charge in [0.05, 0.1) is 0 Å². The van der Waals surface area contributed by atoms with Gasteiger partial charge in [0.2, 0.25) is 10.9 Å². The number of carbonyl (C=O) groups excluding carboxylic acids is 1. The Hall–Kier alpha value is -1.50. The molecule has 0 aliphatic heterocycles. The predicted molar refractivity (Wildman–Crippen MR) is 76.9 cm³/mol. The number of fused-ring (bicyclic) bond motifs is 1. The molecule has 0 atom stereocenters. The first-order valence-electron chi connectivity index (χ1n) is 6.94. The van der Waals surface area contributed by atoms with Crippen LogP contribution in [0.4, 0.5) is 0 Å². The number of aromatic nitrogens is 4. The molecule has 0 unspecified atom stereocenters. The van der Waals surface area contributed by atoms with E-state index in [1.807, 2.05) is 25.3 Å². The van der Waals surface area contributed by atoms with Crippen molar-refractivity contribution in [3.05, 3.63) is 10.8 Å². The number of nitrogens with zero attached hydrogens (tertiary/aromatic N) is 4. The zero-order valence-corrected chi connectivity index (χ0v) is 12.8. The SMILES string of the molecule is CC(C)(C)NC(=O)CCc1nn2c(C3CC3)nnc2s1. The van der Waals surface area contributed by atoms with Gasteiger partial charge in [-0.3, -0.25) is 4.79 Å². The smallest absolute Gasteiger partial charge is 0.234 e. The van der Waals surface area contributed by atoms with Crippen molar-refractivity contribution in [2.75, 3.05) is 0 Å². The van der Waals surface area contributed by atoms with E-state index in [-0.39, 0.29) is 11.4 Å². The molecule has 2 aromatic rings. The van der Waals surface area contributed by atoms with Crippen LogP contribution in [0.15, 0.2) is 0 Å². The summed E-state index contributed by atoms with van der Waals surface area (Å²) >= 11 is 1.52. The molecule has 0 spiro atoms. The number of rotatable bonds is 4. The molecule has 3 rings (SSSR count). The number of hydrogen-bond donors (Lipinski definition) is 1. The molecule has 6 nitrogen and oxygen atoms in total. The predicted octanol–water partition coefficient (Wildman–Crippen LogP) is 1.91. The summed E-state index contributed by atoms with van der Waals surface area (Å²) in [5.41, 5.74) is -0.183. The summed E-state index contributed by atoms with van der Waals surface area (Å²) in [6, 6.07) is 0. The highest BCUT2D eigenvalue weighted by Crippen LogP contribution is 2.39. The Balaban J connectivity index is 1.64. The molecule has 0 radical (unpaired) electrons. The van der Waals surface area contributed by atoms with Crippen molar-refractivity contribution in [3.8, 4) is 0 Å². The fourth-order valence-electron chi connectivity index (χ4n) is 2.07. The fraction of sp³-hybridized carbons (Fsp3) is 0.692. The van der Waals surface area contributed by atoms with Crippen LogP contribution in [-0.2, 0) is 11.2 Å². The van der Waals surface area contributed by atoms with E-state index in [4.69, 9.17) is 0 Å². The molecule has 2 heterocycles. The first-order valence-corrected chi connectivity index (χ1v) is 7.76. The van der Waals surface area contributed by atoms with E-state index in [2.05, 4.69) is 20.6 Å². The summed E-state index contributed by atoms with van der Waals surface area (Å²) in [6.45, 7) is 5.95. The average molecular weight is 293 g/mol. The van der Waals surface area contributed by atoms with Crippen LogP contribution in [0.1, 0.15) is 56.8 Å². The molecule has 1 fully saturated rings. The van der Waals surface area contributed by atoms with Gasteiger partial charge in [-0.05, 0) is 33.6 Å². The third-order valence-electron chi connectivity index (χ3n) is 3.08. The van der Waals surface area contributed by atoms with E-state index in [0.29, 0.717) is 18.8 Å². The Bertz CT molecular complexity index is 635. The zero-order chi connectivity index (χ0) is 14.3. The summed E-state index contributed by atoms with van der Waals surface area (Å²) in [6.07, 6.45) is 3.48. The van der Waals surface area contributed by atoms with Gasteiger partial charge in [0.25, 0.3) is 0 Å². The Morgan fingerprint density at radius 2 is 2.15 bits per heavy atom. The number of nitrogens with one attached hydrogen (secondary N) is 1. The number of carbonyl (C=O) groups is 1. The summed E-state index contributed by atoms with van der Waals surface area (Å²) in [7, 11) is 0. The lowest BCUT2D eigenvalue weighted by Crippen LogP contribution is -2.40. The molecule has 0 bridgehead atoms. The van der Waals surface area contributed by atoms with E-state index in [0.717, 1.165) is 15.8 Å². The maximum absolute atomic E-state index is 11.8. The highest BCUT2D eigenvalue weighted by molar-refractivity contribution is 7.16. The van der Waals surface area contributed by atoms with Crippen LogP contribution >= 0.6 is 11.3 Å². The van der Waals surface area contributed by atoms with Gasteiger partial charge in [-0.25, -0.2) is 0 Å². The van der Waals surface area contributed by atoms with E-state index in [9.17, 15) is 4.79 Å². The minimum atomic E-state index is -0.183. The first-order chi connectivity index (χ1) is 9.42. The second-order valence-corrected chi connectivity index (χ2v) is 7.36. The molecule has 108 valence electrons. The van der Waals surface area contributed by atoms with Crippen molar-refractivity contribution >= 4 is 22.2 Å². The maximum Gasteiger partial charge on any atom is 0.234 e. The third kappa shape index (κ3) is 2.98. The standard InChI is InChI=1S/C13H19N5OS/c1-13(2,3)14-9(19)6-7-10-17-18-11(8-4-5-8)15-16-12(18)20-10/h8H,4-7H2,1-3H3,(H,14,19). The molecular weight excluding hydrogens is 274 g/mol.